The standard InChI is InChI=1S/C19H12Cl4FN5S/c20-10-2-1-3-14(24)9(10)4-5-29-18-16(17(25)26-8-27-18)28-19(29)30-15-7-12(22)11(21)6-13(15)23/h1-3,6-8H,4-5H2,(H2,25,26,27). The van der Waals surface area contributed by atoms with Crippen molar-refractivity contribution in [1.82, 2.24) is 19.5 Å². The summed E-state index contributed by atoms with van der Waals surface area (Å²) in [5.41, 5.74) is 7.35. The topological polar surface area (TPSA) is 69.6 Å². The summed E-state index contributed by atoms with van der Waals surface area (Å²) in [6.45, 7) is 0.356. The van der Waals surface area contributed by atoms with Gasteiger partial charge in [-0.25, -0.2) is 19.3 Å². The molecule has 0 atom stereocenters. The van der Waals surface area contributed by atoms with Crippen LogP contribution < -0.4 is 5.73 Å². The average Bonchev–Trinajstić information content (AvgIpc) is 3.04. The average molecular weight is 503 g/mol. The Balaban J connectivity index is 1.76. The van der Waals surface area contributed by atoms with E-state index >= 15 is 0 Å². The van der Waals surface area contributed by atoms with Crippen LogP contribution in [0, 0.1) is 5.82 Å². The smallest absolute Gasteiger partial charge is 0.175 e. The Morgan fingerprint density at radius 2 is 1.77 bits per heavy atom. The van der Waals surface area contributed by atoms with E-state index in [0.29, 0.717) is 59.8 Å². The molecule has 0 amide bonds. The first-order valence-electron chi connectivity index (χ1n) is 8.57. The number of nitrogen functional groups attached to an aromatic ring is 1. The molecule has 0 fully saturated rings. The molecular formula is C19H12Cl4FN5S. The van der Waals surface area contributed by atoms with E-state index in [-0.39, 0.29) is 11.6 Å². The molecule has 2 aromatic carbocycles. The highest BCUT2D eigenvalue weighted by Gasteiger charge is 2.19. The Kier molecular flexibility index (Phi) is 6.27. The molecule has 0 radical (unpaired) electrons. The summed E-state index contributed by atoms with van der Waals surface area (Å²) in [6.07, 6.45) is 1.68. The lowest BCUT2D eigenvalue weighted by atomic mass is 10.1. The van der Waals surface area contributed by atoms with Gasteiger partial charge >= 0.3 is 0 Å². The minimum Gasteiger partial charge on any atom is -0.382 e. The van der Waals surface area contributed by atoms with Gasteiger partial charge in [-0.05, 0) is 42.4 Å². The van der Waals surface area contributed by atoms with Gasteiger partial charge in [-0.15, -0.1) is 0 Å². The van der Waals surface area contributed by atoms with Gasteiger partial charge in [-0.3, -0.25) is 0 Å². The number of anilines is 1. The van der Waals surface area contributed by atoms with E-state index in [1.54, 1.807) is 24.3 Å². The fourth-order valence-electron chi connectivity index (χ4n) is 2.89. The Hall–Kier alpha value is -1.77. The van der Waals surface area contributed by atoms with E-state index < -0.39 is 0 Å². The molecular weight excluding hydrogens is 491 g/mol. The van der Waals surface area contributed by atoms with E-state index in [0.717, 1.165) is 0 Å². The number of fused-ring (bicyclic) bond motifs is 1. The van der Waals surface area contributed by atoms with E-state index in [4.69, 9.17) is 52.1 Å². The molecule has 2 heterocycles. The maximum absolute atomic E-state index is 14.2. The maximum atomic E-state index is 14.2. The van der Waals surface area contributed by atoms with Crippen LogP contribution in [0.4, 0.5) is 10.2 Å². The highest BCUT2D eigenvalue weighted by atomic mass is 35.5. The number of nitrogens with two attached hydrogens (primary N) is 1. The molecule has 154 valence electrons. The SMILES string of the molecule is Nc1ncnc2c1nc(Sc1cc(Cl)c(Cl)cc1Cl)n2CCc1c(F)cccc1Cl. The van der Waals surface area contributed by atoms with E-state index in [9.17, 15) is 4.39 Å². The minimum absolute atomic E-state index is 0.241. The number of benzene rings is 2. The summed E-state index contributed by atoms with van der Waals surface area (Å²) in [4.78, 5) is 13.5. The van der Waals surface area contributed by atoms with Gasteiger partial charge in [0.2, 0.25) is 0 Å². The molecule has 2 aromatic heterocycles. The summed E-state index contributed by atoms with van der Waals surface area (Å²) in [5.74, 6) is -0.132. The van der Waals surface area contributed by atoms with Crippen molar-refractivity contribution in [2.45, 2.75) is 23.0 Å². The number of aryl methyl sites for hydroxylation is 1. The number of aromatic nitrogens is 4. The first-order chi connectivity index (χ1) is 14.3. The highest BCUT2D eigenvalue weighted by molar-refractivity contribution is 7.99. The molecule has 0 aliphatic heterocycles. The summed E-state index contributed by atoms with van der Waals surface area (Å²) < 4.78 is 16.1. The number of imidazole rings is 1. The monoisotopic (exact) mass is 501 g/mol. The van der Waals surface area contributed by atoms with Gasteiger partial charge in [0.25, 0.3) is 0 Å². The molecule has 0 spiro atoms. The third-order valence-corrected chi connectivity index (χ3v) is 6.90. The van der Waals surface area contributed by atoms with Crippen molar-refractivity contribution in [2.24, 2.45) is 0 Å². The van der Waals surface area contributed by atoms with Crippen LogP contribution in [0.5, 0.6) is 0 Å². The molecule has 0 saturated heterocycles. The van der Waals surface area contributed by atoms with E-state index in [1.165, 1.54) is 24.2 Å². The van der Waals surface area contributed by atoms with Gasteiger partial charge in [0.15, 0.2) is 22.1 Å². The van der Waals surface area contributed by atoms with Gasteiger partial charge in [0.05, 0.1) is 15.1 Å². The quantitative estimate of drug-likeness (QED) is 0.313. The minimum atomic E-state index is -0.372. The second-order valence-electron chi connectivity index (χ2n) is 6.23. The molecule has 4 rings (SSSR count). The summed E-state index contributed by atoms with van der Waals surface area (Å²) in [5, 5.41) is 2.04. The molecule has 0 aliphatic carbocycles. The zero-order valence-corrected chi connectivity index (χ0v) is 18.9. The largest absolute Gasteiger partial charge is 0.382 e. The van der Waals surface area contributed by atoms with Gasteiger partial charge in [-0.2, -0.15) is 0 Å². The molecule has 30 heavy (non-hydrogen) atoms. The van der Waals surface area contributed by atoms with Crippen molar-refractivity contribution >= 4 is 75.1 Å². The zero-order chi connectivity index (χ0) is 21.4. The number of hydrogen-bond acceptors (Lipinski definition) is 5. The third kappa shape index (κ3) is 4.18. The van der Waals surface area contributed by atoms with Crippen LogP contribution in [0.15, 0.2) is 46.7 Å². The van der Waals surface area contributed by atoms with Crippen LogP contribution in [0.3, 0.4) is 0 Å². The van der Waals surface area contributed by atoms with Gasteiger partial charge < -0.3 is 10.3 Å². The van der Waals surface area contributed by atoms with Crippen LogP contribution in [0.2, 0.25) is 20.1 Å². The number of hydrogen-bond donors (Lipinski definition) is 1. The highest BCUT2D eigenvalue weighted by Crippen LogP contribution is 2.39. The molecule has 0 aliphatic rings. The second kappa shape index (κ2) is 8.77. The number of rotatable bonds is 5. The van der Waals surface area contributed by atoms with E-state index in [2.05, 4.69) is 15.0 Å². The first-order valence-corrected chi connectivity index (χ1v) is 10.9. The third-order valence-electron chi connectivity index (χ3n) is 4.35. The van der Waals surface area contributed by atoms with Crippen molar-refractivity contribution in [2.75, 3.05) is 5.73 Å². The van der Waals surface area contributed by atoms with Gasteiger partial charge in [0.1, 0.15) is 12.1 Å². The van der Waals surface area contributed by atoms with Gasteiger partial charge in [-0.1, -0.05) is 52.5 Å². The Labute approximate surface area is 195 Å². The predicted octanol–water partition coefficient (Wildman–Crippen LogP) is 6.56. The molecule has 2 N–H and O–H groups in total. The lowest BCUT2D eigenvalue weighted by Crippen LogP contribution is -2.06. The normalized spacial score (nSPS) is 11.4. The van der Waals surface area contributed by atoms with Crippen LogP contribution in [0.1, 0.15) is 5.56 Å². The second-order valence-corrected chi connectivity index (χ2v) is 8.86. The van der Waals surface area contributed by atoms with Crippen LogP contribution in [0.25, 0.3) is 11.2 Å². The fourth-order valence-corrected chi connectivity index (χ4v) is 4.83. The predicted molar refractivity (Wildman–Crippen MR) is 120 cm³/mol. The van der Waals surface area contributed by atoms with Crippen LogP contribution in [-0.4, -0.2) is 19.5 Å². The Bertz CT molecular complexity index is 1240. The van der Waals surface area contributed by atoms with E-state index in [1.807, 2.05) is 4.57 Å². The zero-order valence-electron chi connectivity index (χ0n) is 15.0. The molecule has 0 unspecified atom stereocenters. The van der Waals surface area contributed by atoms with Crippen molar-refractivity contribution < 1.29 is 4.39 Å². The number of nitrogens with zero attached hydrogens (tertiary/aromatic N) is 4. The van der Waals surface area contributed by atoms with Crippen molar-refractivity contribution in [3.8, 4) is 0 Å². The Morgan fingerprint density at radius 1 is 1.00 bits per heavy atom. The lowest BCUT2D eigenvalue weighted by molar-refractivity contribution is 0.584. The number of halogens is 5. The first kappa shape index (κ1) is 21.5. The Morgan fingerprint density at radius 3 is 2.53 bits per heavy atom. The van der Waals surface area contributed by atoms with Gasteiger partial charge in [0, 0.05) is 22.0 Å². The van der Waals surface area contributed by atoms with Crippen LogP contribution in [-0.2, 0) is 13.0 Å². The molecule has 4 aromatic rings. The van der Waals surface area contributed by atoms with Crippen molar-refractivity contribution in [1.29, 1.82) is 0 Å². The van der Waals surface area contributed by atoms with Crippen molar-refractivity contribution in [3.05, 3.63) is 68.1 Å². The fraction of sp³-hybridized carbons (Fsp3) is 0.105. The molecule has 11 heteroatoms. The van der Waals surface area contributed by atoms with Crippen molar-refractivity contribution in [3.63, 3.8) is 0 Å². The summed E-state index contributed by atoms with van der Waals surface area (Å²) in [6, 6.07) is 7.81. The molecule has 0 saturated carbocycles. The summed E-state index contributed by atoms with van der Waals surface area (Å²) in [7, 11) is 0. The molecule has 5 nitrogen and oxygen atoms in total. The molecule has 0 bridgehead atoms. The lowest BCUT2D eigenvalue weighted by Gasteiger charge is -2.11. The maximum Gasteiger partial charge on any atom is 0.175 e. The summed E-state index contributed by atoms with van der Waals surface area (Å²) >= 11 is 25.9. The van der Waals surface area contributed by atoms with Crippen LogP contribution >= 0.6 is 58.2 Å².